The zero-order valence-corrected chi connectivity index (χ0v) is 15.6. The van der Waals surface area contributed by atoms with Crippen LogP contribution < -0.4 is 0 Å². The average Bonchev–Trinajstić information content (AvgIpc) is 3.38. The summed E-state index contributed by atoms with van der Waals surface area (Å²) in [5.74, 6) is 1.29. The van der Waals surface area contributed by atoms with Crippen LogP contribution in [0, 0.1) is 0 Å². The lowest BCUT2D eigenvalue weighted by atomic mass is 10.0. The second-order valence-corrected chi connectivity index (χ2v) is 7.44. The summed E-state index contributed by atoms with van der Waals surface area (Å²) in [4.78, 5) is 17.3. The number of furan rings is 1. The number of carbonyl (C=O) groups excluding carboxylic acids is 1. The zero-order chi connectivity index (χ0) is 18.9. The number of allylic oxidation sites excluding steroid dienone is 1. The number of carbonyl (C=O) groups is 1. The monoisotopic (exact) mass is 381 g/mol. The van der Waals surface area contributed by atoms with E-state index in [0.717, 1.165) is 26.0 Å². The number of nitrogens with zero attached hydrogens (tertiary/aromatic N) is 1. The molecule has 0 aliphatic heterocycles. The summed E-state index contributed by atoms with van der Waals surface area (Å²) < 4.78 is 7.00. The fourth-order valence-corrected chi connectivity index (χ4v) is 4.15. The van der Waals surface area contributed by atoms with Gasteiger partial charge in [-0.3, -0.25) is 4.79 Å². The van der Waals surface area contributed by atoms with Gasteiger partial charge in [0.2, 0.25) is 0 Å². The minimum atomic E-state index is -0.0465. The molecule has 0 bridgehead atoms. The highest BCUT2D eigenvalue weighted by atomic mass is 32.1. The van der Waals surface area contributed by atoms with Crippen molar-refractivity contribution in [1.82, 2.24) is 4.98 Å². The van der Waals surface area contributed by atoms with E-state index in [1.165, 1.54) is 0 Å². The van der Waals surface area contributed by atoms with Crippen molar-refractivity contribution < 1.29 is 9.21 Å². The molecule has 4 heteroatoms. The summed E-state index contributed by atoms with van der Waals surface area (Å²) in [5, 5.41) is 2.84. The first kappa shape index (κ1) is 16.7. The van der Waals surface area contributed by atoms with Crippen LogP contribution in [0.5, 0.6) is 0 Å². The molecular formula is C24H15NO2S. The third kappa shape index (κ3) is 3.04. The Labute approximate surface area is 165 Å². The van der Waals surface area contributed by atoms with Gasteiger partial charge in [-0.15, -0.1) is 11.3 Å². The van der Waals surface area contributed by atoms with Gasteiger partial charge in [0.1, 0.15) is 5.76 Å². The van der Waals surface area contributed by atoms with Gasteiger partial charge in [-0.25, -0.2) is 4.98 Å². The third-order valence-electron chi connectivity index (χ3n) is 4.59. The van der Waals surface area contributed by atoms with Gasteiger partial charge >= 0.3 is 0 Å². The van der Waals surface area contributed by atoms with Gasteiger partial charge in [-0.05, 0) is 47.2 Å². The highest BCUT2D eigenvalue weighted by molar-refractivity contribution is 7.21. The van der Waals surface area contributed by atoms with E-state index in [1.54, 1.807) is 23.5 Å². The van der Waals surface area contributed by atoms with Crippen LogP contribution in [0.25, 0.3) is 37.8 Å². The largest absolute Gasteiger partial charge is 0.454 e. The number of ketones is 1. The van der Waals surface area contributed by atoms with Crippen molar-refractivity contribution in [2.75, 3.05) is 0 Å². The van der Waals surface area contributed by atoms with Gasteiger partial charge in [0.15, 0.2) is 16.6 Å². The summed E-state index contributed by atoms with van der Waals surface area (Å²) in [6.45, 7) is 0. The molecule has 3 nitrogen and oxygen atoms in total. The Kier molecular flexibility index (Phi) is 4.11. The van der Waals surface area contributed by atoms with Gasteiger partial charge in [0.05, 0.1) is 10.2 Å². The number of hydrogen-bond donors (Lipinski definition) is 0. The quantitative estimate of drug-likeness (QED) is 0.260. The number of hydrogen-bond acceptors (Lipinski definition) is 4. The van der Waals surface area contributed by atoms with Crippen molar-refractivity contribution in [1.29, 1.82) is 0 Å². The van der Waals surface area contributed by atoms with Crippen molar-refractivity contribution in [3.63, 3.8) is 0 Å². The molecule has 0 unspecified atom stereocenters. The molecule has 3 aromatic carbocycles. The number of rotatable bonds is 4. The van der Waals surface area contributed by atoms with Gasteiger partial charge in [0.25, 0.3) is 0 Å². The molecule has 0 saturated heterocycles. The summed E-state index contributed by atoms with van der Waals surface area (Å²) in [7, 11) is 0. The standard InChI is InChI=1S/C24H15NO2S/c26-21(19-9-5-7-16-6-1-2-8-18(16)19)14-12-17-13-15-22(27-17)24-25-20-10-3-4-11-23(20)28-24/h1-15H/b14-12+. The molecule has 0 N–H and O–H groups in total. The predicted octanol–water partition coefficient (Wildman–Crippen LogP) is 6.61. The summed E-state index contributed by atoms with van der Waals surface area (Å²) in [6.07, 6.45) is 3.27. The molecule has 0 amide bonds. The number of para-hydroxylation sites is 1. The SMILES string of the molecule is O=C(/C=C/c1ccc(-c2nc3ccccc3s2)o1)c1cccc2ccccc12. The summed E-state index contributed by atoms with van der Waals surface area (Å²) in [5.41, 5.74) is 1.65. The highest BCUT2D eigenvalue weighted by Gasteiger charge is 2.10. The molecule has 0 fully saturated rings. The number of aromatic nitrogens is 1. The maximum Gasteiger partial charge on any atom is 0.186 e. The van der Waals surface area contributed by atoms with E-state index in [-0.39, 0.29) is 5.78 Å². The minimum Gasteiger partial charge on any atom is -0.454 e. The van der Waals surface area contributed by atoms with Gasteiger partial charge in [-0.2, -0.15) is 0 Å². The van der Waals surface area contributed by atoms with Crippen LogP contribution in [0.15, 0.2) is 89.4 Å². The number of thiazole rings is 1. The molecule has 2 heterocycles. The first-order chi connectivity index (χ1) is 13.8. The van der Waals surface area contributed by atoms with Crippen molar-refractivity contribution >= 4 is 44.2 Å². The Bertz CT molecular complexity index is 1300. The molecular weight excluding hydrogens is 366 g/mol. The van der Waals surface area contributed by atoms with Crippen LogP contribution in [0.3, 0.4) is 0 Å². The normalized spacial score (nSPS) is 11.6. The second kappa shape index (κ2) is 6.91. The van der Waals surface area contributed by atoms with Gasteiger partial charge in [0, 0.05) is 5.56 Å². The maximum atomic E-state index is 12.7. The number of fused-ring (bicyclic) bond motifs is 2. The lowest BCUT2D eigenvalue weighted by Gasteiger charge is -2.02. The molecule has 0 aliphatic carbocycles. The molecule has 5 aromatic rings. The molecule has 5 rings (SSSR count). The molecule has 28 heavy (non-hydrogen) atoms. The lowest BCUT2D eigenvalue weighted by molar-refractivity contribution is 0.104. The molecule has 134 valence electrons. The van der Waals surface area contributed by atoms with Crippen LogP contribution in [0.2, 0.25) is 0 Å². The first-order valence-corrected chi connectivity index (χ1v) is 9.75. The van der Waals surface area contributed by atoms with E-state index in [0.29, 0.717) is 17.1 Å². The highest BCUT2D eigenvalue weighted by Crippen LogP contribution is 2.31. The minimum absolute atomic E-state index is 0.0465. The fraction of sp³-hybridized carbons (Fsp3) is 0. The van der Waals surface area contributed by atoms with Crippen LogP contribution in [-0.4, -0.2) is 10.8 Å². The van der Waals surface area contributed by atoms with Crippen molar-refractivity contribution in [2.45, 2.75) is 0 Å². The van der Waals surface area contributed by atoms with Crippen LogP contribution in [-0.2, 0) is 0 Å². The van der Waals surface area contributed by atoms with E-state index in [9.17, 15) is 4.79 Å². The Morgan fingerprint density at radius 2 is 1.71 bits per heavy atom. The molecule has 0 atom stereocenters. The Balaban J connectivity index is 1.42. The Morgan fingerprint density at radius 1 is 0.893 bits per heavy atom. The molecule has 0 aliphatic rings. The summed E-state index contributed by atoms with van der Waals surface area (Å²) in [6, 6.07) is 25.4. The number of benzene rings is 3. The van der Waals surface area contributed by atoms with Crippen LogP contribution in [0.1, 0.15) is 16.1 Å². The zero-order valence-electron chi connectivity index (χ0n) is 14.8. The summed E-state index contributed by atoms with van der Waals surface area (Å²) >= 11 is 1.59. The van der Waals surface area contributed by atoms with Crippen molar-refractivity contribution in [3.8, 4) is 10.8 Å². The Morgan fingerprint density at radius 3 is 2.64 bits per heavy atom. The predicted molar refractivity (Wildman–Crippen MR) is 115 cm³/mol. The van der Waals surface area contributed by atoms with E-state index in [2.05, 4.69) is 4.98 Å². The first-order valence-electron chi connectivity index (χ1n) is 8.94. The molecule has 2 aromatic heterocycles. The lowest BCUT2D eigenvalue weighted by Crippen LogP contribution is -1.95. The van der Waals surface area contributed by atoms with Crippen molar-refractivity contribution in [3.05, 3.63) is 96.3 Å². The molecule has 0 saturated carbocycles. The fourth-order valence-electron chi connectivity index (χ4n) is 3.22. The average molecular weight is 381 g/mol. The maximum absolute atomic E-state index is 12.7. The Hall–Kier alpha value is -3.50. The van der Waals surface area contributed by atoms with E-state index in [4.69, 9.17) is 4.42 Å². The second-order valence-electron chi connectivity index (χ2n) is 6.41. The third-order valence-corrected chi connectivity index (χ3v) is 5.64. The van der Waals surface area contributed by atoms with Gasteiger partial charge in [-0.1, -0.05) is 54.6 Å². The topological polar surface area (TPSA) is 43.1 Å². The van der Waals surface area contributed by atoms with Crippen LogP contribution >= 0.6 is 11.3 Å². The van der Waals surface area contributed by atoms with Crippen LogP contribution in [0.4, 0.5) is 0 Å². The smallest absolute Gasteiger partial charge is 0.186 e. The van der Waals surface area contributed by atoms with E-state index >= 15 is 0 Å². The van der Waals surface area contributed by atoms with Gasteiger partial charge < -0.3 is 4.42 Å². The molecule has 0 radical (unpaired) electrons. The van der Waals surface area contributed by atoms with E-state index < -0.39 is 0 Å². The van der Waals surface area contributed by atoms with Crippen molar-refractivity contribution in [2.24, 2.45) is 0 Å². The molecule has 0 spiro atoms. The van der Waals surface area contributed by atoms with E-state index in [1.807, 2.05) is 78.9 Å².